The third kappa shape index (κ3) is 22.8. The lowest BCUT2D eigenvalue weighted by atomic mass is 9.95. The molecule has 0 spiro atoms. The zero-order chi connectivity index (χ0) is 81.2. The lowest BCUT2D eigenvalue weighted by Crippen LogP contribution is -2.64. The molecule has 0 unspecified atom stereocenters. The van der Waals surface area contributed by atoms with Crippen molar-refractivity contribution in [3.05, 3.63) is 154 Å². The van der Waals surface area contributed by atoms with Gasteiger partial charge in [-0.25, -0.2) is 9.07 Å². The number of carbonyl (C=O) groups is 10. The normalized spacial score (nSPS) is 24.4. The number of fused-ring (bicyclic) bond motifs is 8. The summed E-state index contributed by atoms with van der Waals surface area (Å²) in [6.45, 7) is 6.12. The van der Waals surface area contributed by atoms with Crippen molar-refractivity contribution in [3.8, 4) is 11.4 Å². The molecule has 114 heavy (non-hydrogen) atoms. The van der Waals surface area contributed by atoms with Crippen LogP contribution in [0.2, 0.25) is 0 Å². The maximum Gasteiger partial charge on any atom is 0.246 e. The largest absolute Gasteiger partial charge is 0.497 e. The fourth-order valence-electron chi connectivity index (χ4n) is 14.6. The molecule has 9 N–H and O–H groups in total. The van der Waals surface area contributed by atoms with E-state index in [0.29, 0.717) is 94.5 Å². The van der Waals surface area contributed by atoms with Gasteiger partial charge >= 0.3 is 0 Å². The molecule has 2 aromatic heterocycles. The minimum absolute atomic E-state index is 0.0377. The highest BCUT2D eigenvalue weighted by Gasteiger charge is 2.50. The molecule has 2 fully saturated rings. The molecule has 6 aromatic rings. The Kier molecular flexibility index (Phi) is 29.5. The number of nitrogens with one attached hydrogen (secondary N) is 8. The first-order valence-electron chi connectivity index (χ1n) is 38.8. The summed E-state index contributed by atoms with van der Waals surface area (Å²) < 4.78 is 43.4. The SMILES string of the molecule is COc1ccc(C[C@@H]2NC(=O)[C@H]([C@@H](C)O)NC(=O)[C@@H]3[C@@H]4CCN3C(=O)[C@@H]3Cc5cn(c6ccc(F)cc56)Cc5cn(nn5)-c5cc(cc(c5)CSCCC(=O)N[C@@H](CNC(=O)CCOCCOCC[N+](C)(C)C)C(=O)N[C@H](C)C(=O)N[C@@H](Cc5cccc(c5)C/C=C/CO4)C(=O)N3)CSCCNC(=O)[C@]3(C)CCCN3C2=O)cc1. The van der Waals surface area contributed by atoms with Crippen molar-refractivity contribution in [2.75, 3.05) is 106 Å². The highest BCUT2D eigenvalue weighted by atomic mass is 32.2. The zero-order valence-electron chi connectivity index (χ0n) is 65.5. The van der Waals surface area contributed by atoms with Gasteiger partial charge in [-0.2, -0.15) is 23.5 Å². The van der Waals surface area contributed by atoms with Gasteiger partial charge < -0.3 is 85.4 Å². The van der Waals surface area contributed by atoms with Gasteiger partial charge in [0.15, 0.2) is 0 Å². The number of benzene rings is 4. The van der Waals surface area contributed by atoms with Crippen LogP contribution in [-0.2, 0) is 106 Å². The molecule has 4 aromatic carbocycles. The molecular weight excluding hydrogens is 1510 g/mol. The number of likely N-dealkylation sites (N-methyl/N-ethyl adjacent to an activating group) is 1. The molecule has 30 nitrogen and oxygen atoms in total. The first kappa shape index (κ1) is 85.1. The van der Waals surface area contributed by atoms with E-state index in [9.17, 15) is 29.1 Å². The maximum atomic E-state index is 16.2. The van der Waals surface area contributed by atoms with Crippen LogP contribution in [0.5, 0.6) is 5.75 Å². The van der Waals surface area contributed by atoms with Crippen molar-refractivity contribution in [1.82, 2.24) is 71.9 Å². The third-order valence-corrected chi connectivity index (χ3v) is 23.0. The van der Waals surface area contributed by atoms with E-state index in [0.717, 1.165) is 27.7 Å². The van der Waals surface area contributed by atoms with Crippen molar-refractivity contribution < 1.29 is 80.9 Å². The van der Waals surface area contributed by atoms with Crippen LogP contribution in [0, 0.1) is 5.82 Å². The number of hydrogen-bond acceptors (Lipinski definition) is 19. The highest BCUT2D eigenvalue weighted by Crippen LogP contribution is 2.33. The topological polar surface area (TPSA) is 366 Å². The van der Waals surface area contributed by atoms with Gasteiger partial charge in [0, 0.05) is 98.4 Å². The van der Waals surface area contributed by atoms with E-state index in [1.165, 1.54) is 54.7 Å². The molecule has 2 saturated heterocycles. The summed E-state index contributed by atoms with van der Waals surface area (Å²) in [5, 5.41) is 43.8. The average molecular weight is 1610 g/mol. The van der Waals surface area contributed by atoms with Crippen LogP contribution in [0.25, 0.3) is 16.6 Å². The minimum atomic E-state index is -1.78. The average Bonchev–Trinajstić information content (AvgIpc) is 1.64. The lowest BCUT2D eigenvalue weighted by molar-refractivity contribution is -0.870. The van der Waals surface area contributed by atoms with Crippen molar-refractivity contribution in [2.24, 2.45) is 0 Å². The Hall–Kier alpha value is -9.77. The molecule has 10 amide bonds. The van der Waals surface area contributed by atoms with Crippen LogP contribution in [0.3, 0.4) is 0 Å². The summed E-state index contributed by atoms with van der Waals surface area (Å²) in [7, 11) is 7.68. The van der Waals surface area contributed by atoms with Gasteiger partial charge in [0.2, 0.25) is 59.1 Å². The fraction of sp³-hybridized carbons (Fsp3) is 0.506. The summed E-state index contributed by atoms with van der Waals surface area (Å²) in [5.41, 5.74) is 4.35. The first-order chi connectivity index (χ1) is 54.7. The van der Waals surface area contributed by atoms with E-state index in [4.69, 9.17) is 18.9 Å². The Balaban J connectivity index is 0.990. The molecule has 14 bridgehead atoms. The number of allylic oxidation sites excluding steroid dienone is 1. The molecular formula is C81H105FN15O15S2+. The van der Waals surface area contributed by atoms with Crippen LogP contribution >= 0.6 is 23.5 Å². The third-order valence-electron chi connectivity index (χ3n) is 20.9. The second-order valence-electron chi connectivity index (χ2n) is 30.7. The Morgan fingerprint density at radius 3 is 2.25 bits per heavy atom. The molecule has 10 atom stereocenters. The Morgan fingerprint density at radius 2 is 1.50 bits per heavy atom. The summed E-state index contributed by atoms with van der Waals surface area (Å²) >= 11 is 3.00. The molecule has 5 aliphatic rings. The Morgan fingerprint density at radius 1 is 0.763 bits per heavy atom. The minimum Gasteiger partial charge on any atom is -0.497 e. The second-order valence-corrected chi connectivity index (χ2v) is 32.9. The summed E-state index contributed by atoms with van der Waals surface area (Å²) in [5.74, 6) is -5.86. The number of ether oxygens (including phenoxy) is 4. The van der Waals surface area contributed by atoms with Crippen LogP contribution in [0.1, 0.15) is 91.9 Å². The quantitative estimate of drug-likeness (QED) is 0.0405. The number of nitrogens with zero attached hydrogens (tertiary/aromatic N) is 7. The van der Waals surface area contributed by atoms with E-state index in [-0.39, 0.29) is 96.8 Å². The number of rotatable bonds is 15. The van der Waals surface area contributed by atoms with Crippen molar-refractivity contribution in [2.45, 2.75) is 157 Å². The summed E-state index contributed by atoms with van der Waals surface area (Å²) in [4.78, 5) is 152. The van der Waals surface area contributed by atoms with Crippen LogP contribution in [0.4, 0.5) is 4.39 Å². The Labute approximate surface area is 670 Å². The molecule has 33 heteroatoms. The molecule has 11 rings (SSSR count). The molecule has 0 radical (unpaired) electrons. The maximum absolute atomic E-state index is 16.2. The number of aliphatic hydroxyl groups is 1. The van der Waals surface area contributed by atoms with Crippen molar-refractivity contribution in [1.29, 1.82) is 0 Å². The van der Waals surface area contributed by atoms with E-state index in [1.54, 1.807) is 84.3 Å². The first-order valence-corrected chi connectivity index (χ1v) is 41.1. The molecule has 0 aliphatic carbocycles. The van der Waals surface area contributed by atoms with Crippen molar-refractivity contribution >= 4 is 93.5 Å². The number of quaternary nitrogens is 1. The molecule has 5 aliphatic heterocycles. The monoisotopic (exact) mass is 1610 g/mol. The number of hydrogen-bond donors (Lipinski definition) is 9. The van der Waals surface area contributed by atoms with Crippen LogP contribution in [-0.4, -0.2) is 264 Å². The van der Waals surface area contributed by atoms with Gasteiger partial charge in [0.25, 0.3) is 0 Å². The number of thioether (sulfide) groups is 2. The molecule has 0 saturated carbocycles. The van der Waals surface area contributed by atoms with Gasteiger partial charge in [-0.05, 0) is 122 Å². The second kappa shape index (κ2) is 39.5. The highest BCUT2D eigenvalue weighted by molar-refractivity contribution is 7.98. The number of carbonyl (C=O) groups excluding carboxylic acids is 10. The van der Waals surface area contributed by atoms with Crippen molar-refractivity contribution in [3.63, 3.8) is 0 Å². The van der Waals surface area contributed by atoms with Crippen LogP contribution < -0.4 is 47.3 Å². The molecule has 612 valence electrons. The Bertz CT molecular complexity index is 4480. The predicted molar refractivity (Wildman–Crippen MR) is 426 cm³/mol. The molecule has 7 heterocycles. The predicted octanol–water partition coefficient (Wildman–Crippen LogP) is 2.48. The summed E-state index contributed by atoms with van der Waals surface area (Å²) in [6.07, 6.45) is 4.72. The zero-order valence-corrected chi connectivity index (χ0v) is 67.2. The van der Waals surface area contributed by atoms with E-state index >= 15 is 28.4 Å². The number of aromatic nitrogens is 4. The van der Waals surface area contributed by atoms with Gasteiger partial charge in [0.05, 0.1) is 91.9 Å². The van der Waals surface area contributed by atoms with Crippen LogP contribution in [0.15, 0.2) is 109 Å². The lowest BCUT2D eigenvalue weighted by Gasteiger charge is -2.37. The van der Waals surface area contributed by atoms with Gasteiger partial charge in [-0.15, -0.1) is 5.10 Å². The van der Waals surface area contributed by atoms with Gasteiger partial charge in [-0.3, -0.25) is 47.9 Å². The standard InChI is InChI=1S/C81H104FN15O15S2/c1-50-73(101)87-63-41-54-14-10-13-52(36-54)12-8-9-29-112-68-21-27-94-72(68)77(105)90-71(51(2)98)76(104)89-64(40-53-15-18-61(109-7)19-16-53)79(107)95-26-11-24-81(95,3)80(108)83-25-35-114-49-56-37-55(48-113-34-23-70(100)86-66(75(103)85-50)44-84-69(99)22-30-110-32-33-111-31-28-97(4,5)6)38-60(39-56)96-47-59(91-92-96)46-93-45-57(42-65(78(94)106)88-74(63)102)62-43-58(82)17-20-67(62)93/h8-10,13-20,36-39,43,45,47,50-51,63-66,68,71-72,98H,11-12,21-35,40-42,44,46,48-49H2,1-7H3,(H7-,83,84,85,86,87,88,89,90,99,100,101,102,103,104,105,108)/p+1/b9-8+/t50-,51-,63+,64+,65+,66+,68+,71+,72+,81+/m1/s1. The van der Waals surface area contributed by atoms with Gasteiger partial charge in [0.1, 0.15) is 71.6 Å². The van der Waals surface area contributed by atoms with E-state index in [2.05, 4.69) is 74.0 Å². The summed E-state index contributed by atoms with van der Waals surface area (Å²) in [6, 6.07) is 13.6. The van der Waals surface area contributed by atoms with E-state index < -0.39 is 125 Å². The number of aliphatic hydroxyl groups excluding tert-OH is 1. The number of methoxy groups -OCH3 is 1. The smallest absolute Gasteiger partial charge is 0.246 e. The van der Waals surface area contributed by atoms with E-state index in [1.807, 2.05) is 41.0 Å². The van der Waals surface area contributed by atoms with Gasteiger partial charge in [-0.1, -0.05) is 59.8 Å². The number of halogens is 1. The number of amides is 10. The fourth-order valence-corrected chi connectivity index (χ4v) is 16.3.